The third kappa shape index (κ3) is 3.06. The Balaban J connectivity index is 1.58. The topological polar surface area (TPSA) is 63.7 Å². The second kappa shape index (κ2) is 8.25. The van der Waals surface area contributed by atoms with E-state index in [1.54, 1.807) is 55.6 Å². The fourth-order valence-corrected chi connectivity index (χ4v) is 6.85. The molecule has 35 heavy (non-hydrogen) atoms. The number of halogens is 1. The molecule has 2 saturated heterocycles. The van der Waals surface area contributed by atoms with E-state index >= 15 is 0 Å². The number of hydrogen-bond donors (Lipinski definition) is 0. The first kappa shape index (κ1) is 22.4. The molecule has 0 bridgehead atoms. The van der Waals surface area contributed by atoms with E-state index < -0.39 is 11.5 Å². The second-order valence-electron chi connectivity index (χ2n) is 9.52. The molecular formula is C29H24BrNO4. The second-order valence-corrected chi connectivity index (χ2v) is 10.4. The molecule has 0 radical (unpaired) electrons. The van der Waals surface area contributed by atoms with Crippen molar-refractivity contribution >= 4 is 33.3 Å². The van der Waals surface area contributed by atoms with Gasteiger partial charge < -0.3 is 4.74 Å². The zero-order valence-electron chi connectivity index (χ0n) is 19.2. The van der Waals surface area contributed by atoms with Crippen molar-refractivity contribution in [3.8, 4) is 5.75 Å². The number of ether oxygens (including phenoxy) is 1. The van der Waals surface area contributed by atoms with E-state index in [1.807, 2.05) is 24.3 Å². The van der Waals surface area contributed by atoms with Crippen LogP contribution in [0.4, 0.5) is 0 Å². The van der Waals surface area contributed by atoms with Crippen LogP contribution < -0.4 is 4.74 Å². The van der Waals surface area contributed by atoms with Crippen LogP contribution in [0.5, 0.6) is 5.75 Å². The van der Waals surface area contributed by atoms with Gasteiger partial charge in [-0.3, -0.25) is 19.3 Å². The Labute approximate surface area is 212 Å². The number of fused-ring (bicyclic) bond motifs is 3. The summed E-state index contributed by atoms with van der Waals surface area (Å²) in [6.07, 6.45) is 1.73. The Morgan fingerprint density at radius 1 is 0.943 bits per heavy atom. The molecule has 3 unspecified atom stereocenters. The monoisotopic (exact) mass is 529 g/mol. The van der Waals surface area contributed by atoms with Crippen LogP contribution in [0.3, 0.4) is 0 Å². The number of ketones is 3. The summed E-state index contributed by atoms with van der Waals surface area (Å²) in [4.78, 5) is 44.8. The van der Waals surface area contributed by atoms with E-state index in [2.05, 4.69) is 20.8 Å². The fourth-order valence-electron chi connectivity index (χ4n) is 6.59. The van der Waals surface area contributed by atoms with Gasteiger partial charge in [-0.25, -0.2) is 0 Å². The molecule has 0 amide bonds. The molecule has 0 N–H and O–H groups in total. The average molecular weight is 530 g/mol. The van der Waals surface area contributed by atoms with Crippen molar-refractivity contribution in [2.45, 2.75) is 30.3 Å². The summed E-state index contributed by atoms with van der Waals surface area (Å²) in [6, 6.07) is 21.8. The molecule has 2 fully saturated rings. The van der Waals surface area contributed by atoms with E-state index in [-0.39, 0.29) is 29.3 Å². The molecule has 176 valence electrons. The van der Waals surface area contributed by atoms with Crippen molar-refractivity contribution in [2.24, 2.45) is 5.92 Å². The van der Waals surface area contributed by atoms with Gasteiger partial charge in [0.15, 0.2) is 22.9 Å². The predicted octanol–water partition coefficient (Wildman–Crippen LogP) is 5.34. The van der Waals surface area contributed by atoms with Crippen LogP contribution in [0.25, 0.3) is 0 Å². The summed E-state index contributed by atoms with van der Waals surface area (Å²) in [5, 5.41) is 0. The largest absolute Gasteiger partial charge is 0.497 e. The van der Waals surface area contributed by atoms with Crippen molar-refractivity contribution < 1.29 is 19.1 Å². The van der Waals surface area contributed by atoms with Gasteiger partial charge in [-0.15, -0.1) is 0 Å². The number of benzene rings is 3. The first-order chi connectivity index (χ1) is 17.0. The molecule has 0 saturated carbocycles. The Morgan fingerprint density at radius 3 is 2.17 bits per heavy atom. The lowest BCUT2D eigenvalue weighted by Crippen LogP contribution is -2.58. The van der Waals surface area contributed by atoms with Crippen LogP contribution in [0.2, 0.25) is 0 Å². The van der Waals surface area contributed by atoms with E-state index in [0.717, 1.165) is 22.9 Å². The van der Waals surface area contributed by atoms with Gasteiger partial charge in [0.2, 0.25) is 0 Å². The predicted molar refractivity (Wildman–Crippen MR) is 135 cm³/mol. The molecule has 1 spiro atoms. The van der Waals surface area contributed by atoms with Crippen LogP contribution in [0.15, 0.2) is 77.3 Å². The molecule has 3 atom stereocenters. The molecule has 0 aromatic heterocycles. The molecule has 2 heterocycles. The third-order valence-corrected chi connectivity index (χ3v) is 8.53. The molecule has 2 aliphatic heterocycles. The lowest BCUT2D eigenvalue weighted by Gasteiger charge is -2.35. The smallest absolute Gasteiger partial charge is 0.192 e. The number of Topliss-reactive ketones (excluding diaryl/α,β-unsaturated/α-hetero) is 3. The first-order valence-electron chi connectivity index (χ1n) is 11.9. The molecule has 6 heteroatoms. The van der Waals surface area contributed by atoms with Gasteiger partial charge in [0.05, 0.1) is 13.0 Å². The van der Waals surface area contributed by atoms with E-state index in [1.165, 1.54) is 0 Å². The Bertz CT molecular complexity index is 1310. The highest BCUT2D eigenvalue weighted by molar-refractivity contribution is 9.10. The van der Waals surface area contributed by atoms with Gasteiger partial charge >= 0.3 is 0 Å². The maximum absolute atomic E-state index is 14.4. The van der Waals surface area contributed by atoms with Crippen LogP contribution in [0, 0.1) is 5.92 Å². The quantitative estimate of drug-likeness (QED) is 0.337. The van der Waals surface area contributed by atoms with E-state index in [9.17, 15) is 14.4 Å². The lowest BCUT2D eigenvalue weighted by molar-refractivity contribution is 0.0472. The maximum Gasteiger partial charge on any atom is 0.192 e. The molecule has 5 nitrogen and oxygen atoms in total. The van der Waals surface area contributed by atoms with Crippen LogP contribution >= 0.6 is 15.9 Å². The molecule has 3 aliphatic rings. The minimum absolute atomic E-state index is 0.0643. The van der Waals surface area contributed by atoms with Gasteiger partial charge in [0.1, 0.15) is 5.75 Å². The molecular weight excluding hydrogens is 506 g/mol. The normalized spacial score (nSPS) is 24.6. The van der Waals surface area contributed by atoms with E-state index in [4.69, 9.17) is 4.74 Å². The average Bonchev–Trinajstić information content (AvgIpc) is 3.53. The SMILES string of the molecule is COc1ccc(C(=O)C2C(c3ccc(Br)cc3)C3CCCN3C23C(=O)c2ccccc2C3=O)cc1. The van der Waals surface area contributed by atoms with Gasteiger partial charge in [-0.05, 0) is 61.3 Å². The highest BCUT2D eigenvalue weighted by Gasteiger charge is 2.72. The van der Waals surface area contributed by atoms with Gasteiger partial charge in [0, 0.05) is 33.1 Å². The van der Waals surface area contributed by atoms with Crippen molar-refractivity contribution in [3.05, 3.63) is 99.5 Å². The first-order valence-corrected chi connectivity index (χ1v) is 12.7. The van der Waals surface area contributed by atoms with Crippen molar-refractivity contribution in [2.75, 3.05) is 13.7 Å². The number of nitrogens with zero attached hydrogens (tertiary/aromatic N) is 1. The number of rotatable bonds is 4. The lowest BCUT2D eigenvalue weighted by atomic mass is 9.69. The Kier molecular flexibility index (Phi) is 5.27. The summed E-state index contributed by atoms with van der Waals surface area (Å²) in [6.45, 7) is 0.621. The standard InChI is InChI=1S/C29H24BrNO4/c1-35-20-14-10-18(11-15-20)26(32)25-24(17-8-12-19(30)13-9-17)23-7-4-16-31(23)29(25)27(33)21-5-2-3-6-22(21)28(29)34/h2-3,5-6,8-15,23-25H,4,7,16H2,1H3. The van der Waals surface area contributed by atoms with Gasteiger partial charge in [0.25, 0.3) is 0 Å². The minimum atomic E-state index is -1.51. The summed E-state index contributed by atoms with van der Waals surface area (Å²) in [7, 11) is 1.58. The molecule has 3 aromatic carbocycles. The van der Waals surface area contributed by atoms with Crippen LogP contribution in [0.1, 0.15) is 55.4 Å². The van der Waals surface area contributed by atoms with Gasteiger partial charge in [-0.1, -0.05) is 52.3 Å². The third-order valence-electron chi connectivity index (χ3n) is 8.00. The van der Waals surface area contributed by atoms with Gasteiger partial charge in [-0.2, -0.15) is 0 Å². The summed E-state index contributed by atoms with van der Waals surface area (Å²) in [5.41, 5.74) is 0.791. The number of carbonyl (C=O) groups is 3. The molecule has 3 aromatic rings. The molecule has 1 aliphatic carbocycles. The number of hydrogen-bond acceptors (Lipinski definition) is 5. The van der Waals surface area contributed by atoms with Crippen LogP contribution in [-0.4, -0.2) is 47.5 Å². The Morgan fingerprint density at radius 2 is 1.57 bits per heavy atom. The maximum atomic E-state index is 14.4. The summed E-state index contributed by atoms with van der Waals surface area (Å²) in [5.74, 6) is -1.11. The fraction of sp³-hybridized carbons (Fsp3) is 0.276. The minimum Gasteiger partial charge on any atom is -0.497 e. The summed E-state index contributed by atoms with van der Waals surface area (Å²) < 4.78 is 6.21. The van der Waals surface area contributed by atoms with Crippen LogP contribution in [-0.2, 0) is 0 Å². The van der Waals surface area contributed by atoms with E-state index in [0.29, 0.717) is 29.0 Å². The number of carbonyl (C=O) groups excluding carboxylic acids is 3. The Hall–Kier alpha value is -3.09. The van der Waals surface area contributed by atoms with Crippen molar-refractivity contribution in [1.82, 2.24) is 4.90 Å². The number of methoxy groups -OCH3 is 1. The highest BCUT2D eigenvalue weighted by Crippen LogP contribution is 2.57. The molecule has 6 rings (SSSR count). The summed E-state index contributed by atoms with van der Waals surface area (Å²) >= 11 is 3.51. The highest BCUT2D eigenvalue weighted by atomic mass is 79.9. The zero-order valence-corrected chi connectivity index (χ0v) is 20.8. The van der Waals surface area contributed by atoms with Crippen molar-refractivity contribution in [1.29, 1.82) is 0 Å². The van der Waals surface area contributed by atoms with Crippen molar-refractivity contribution in [3.63, 3.8) is 0 Å². The zero-order chi connectivity index (χ0) is 24.3.